The van der Waals surface area contributed by atoms with E-state index in [0.717, 1.165) is 44.8 Å². The van der Waals surface area contributed by atoms with Gasteiger partial charge >= 0.3 is 0 Å². The van der Waals surface area contributed by atoms with Crippen LogP contribution in [-0.4, -0.2) is 47.8 Å². The second kappa shape index (κ2) is 8.69. The van der Waals surface area contributed by atoms with Gasteiger partial charge in [0.15, 0.2) is 5.96 Å². The molecule has 0 aliphatic carbocycles. The van der Waals surface area contributed by atoms with Crippen molar-refractivity contribution in [3.63, 3.8) is 0 Å². The predicted octanol–water partition coefficient (Wildman–Crippen LogP) is 2.24. The first kappa shape index (κ1) is 19.0. The molecule has 6 heteroatoms. The molecule has 1 fully saturated rings. The first-order valence-electron chi connectivity index (χ1n) is 8.53. The number of halogens is 1. The molecule has 1 aromatic rings. The van der Waals surface area contributed by atoms with Crippen LogP contribution in [0.15, 0.2) is 29.3 Å². The molecule has 24 heavy (non-hydrogen) atoms. The molecule has 2 heterocycles. The molecule has 0 spiro atoms. The van der Waals surface area contributed by atoms with Crippen LogP contribution in [0.2, 0.25) is 0 Å². The Morgan fingerprint density at radius 1 is 1.17 bits per heavy atom. The average Bonchev–Trinajstić information content (AvgIpc) is 2.59. The van der Waals surface area contributed by atoms with Crippen molar-refractivity contribution in [2.45, 2.75) is 32.7 Å². The maximum Gasteiger partial charge on any atom is 0.244 e. The molecule has 0 aromatic heterocycles. The van der Waals surface area contributed by atoms with Gasteiger partial charge in [0, 0.05) is 26.2 Å². The molecule has 0 atom stereocenters. The van der Waals surface area contributed by atoms with Gasteiger partial charge in [-0.2, -0.15) is 0 Å². The van der Waals surface area contributed by atoms with Crippen LogP contribution in [0.3, 0.4) is 0 Å². The molecular weight excluding hydrogens is 415 g/mol. The molecule has 0 unspecified atom stereocenters. The zero-order valence-corrected chi connectivity index (χ0v) is 16.6. The standard InChI is InChI=1S/C18H26N4O.HI/c1-14-6-9-21(10-7-14)18(19)20-12-17(23)22-11-8-15-4-2-3-5-16(15)13-22;/h2-5,14H,6-13H2,1H3,(H2,19,20);1H. The lowest BCUT2D eigenvalue weighted by atomic mass is 10.00. The van der Waals surface area contributed by atoms with Gasteiger partial charge in [-0.25, -0.2) is 4.99 Å². The summed E-state index contributed by atoms with van der Waals surface area (Å²) in [4.78, 5) is 20.7. The van der Waals surface area contributed by atoms with Gasteiger partial charge in [-0.3, -0.25) is 4.79 Å². The van der Waals surface area contributed by atoms with E-state index < -0.39 is 0 Å². The summed E-state index contributed by atoms with van der Waals surface area (Å²) in [6.45, 7) is 5.77. The van der Waals surface area contributed by atoms with Crippen molar-refractivity contribution in [3.8, 4) is 0 Å². The van der Waals surface area contributed by atoms with E-state index in [1.807, 2.05) is 11.0 Å². The van der Waals surface area contributed by atoms with Crippen molar-refractivity contribution >= 4 is 35.8 Å². The Morgan fingerprint density at radius 2 is 1.83 bits per heavy atom. The number of hydrogen-bond acceptors (Lipinski definition) is 2. The quantitative estimate of drug-likeness (QED) is 0.434. The number of nitrogens with two attached hydrogens (primary N) is 1. The third-order valence-electron chi connectivity index (χ3n) is 4.97. The van der Waals surface area contributed by atoms with Gasteiger partial charge < -0.3 is 15.5 Å². The van der Waals surface area contributed by atoms with Gasteiger partial charge in [0.1, 0.15) is 6.54 Å². The van der Waals surface area contributed by atoms with Crippen LogP contribution in [0.25, 0.3) is 0 Å². The molecule has 1 saturated heterocycles. The predicted molar refractivity (Wildman–Crippen MR) is 107 cm³/mol. The van der Waals surface area contributed by atoms with Gasteiger partial charge in [0.05, 0.1) is 0 Å². The Kier molecular flexibility index (Phi) is 6.89. The number of guanidine groups is 1. The highest BCUT2D eigenvalue weighted by Gasteiger charge is 2.21. The third-order valence-corrected chi connectivity index (χ3v) is 4.97. The van der Waals surface area contributed by atoms with Gasteiger partial charge in [-0.15, -0.1) is 24.0 Å². The van der Waals surface area contributed by atoms with E-state index in [2.05, 4.69) is 35.0 Å². The summed E-state index contributed by atoms with van der Waals surface area (Å²) in [6, 6.07) is 8.33. The molecule has 0 radical (unpaired) electrons. The fourth-order valence-corrected chi connectivity index (χ4v) is 3.29. The Bertz CT molecular complexity index is 596. The van der Waals surface area contributed by atoms with Crippen LogP contribution in [-0.2, 0) is 17.8 Å². The number of benzene rings is 1. The highest BCUT2D eigenvalue weighted by Crippen LogP contribution is 2.18. The van der Waals surface area contributed by atoms with Crippen LogP contribution >= 0.6 is 24.0 Å². The number of amides is 1. The van der Waals surface area contributed by atoms with E-state index >= 15 is 0 Å². The van der Waals surface area contributed by atoms with E-state index in [9.17, 15) is 4.79 Å². The van der Waals surface area contributed by atoms with Crippen molar-refractivity contribution in [2.24, 2.45) is 16.6 Å². The molecule has 1 amide bonds. The van der Waals surface area contributed by atoms with Crippen molar-refractivity contribution in [1.82, 2.24) is 9.80 Å². The summed E-state index contributed by atoms with van der Waals surface area (Å²) >= 11 is 0. The Morgan fingerprint density at radius 3 is 2.54 bits per heavy atom. The van der Waals surface area contributed by atoms with Crippen LogP contribution in [0.4, 0.5) is 0 Å². The number of rotatable bonds is 2. The summed E-state index contributed by atoms with van der Waals surface area (Å²) < 4.78 is 0. The number of carbonyl (C=O) groups excluding carboxylic acids is 1. The van der Waals surface area contributed by atoms with Crippen LogP contribution in [0.1, 0.15) is 30.9 Å². The van der Waals surface area contributed by atoms with E-state index in [1.165, 1.54) is 11.1 Å². The molecule has 2 N–H and O–H groups in total. The van der Waals surface area contributed by atoms with E-state index in [4.69, 9.17) is 5.73 Å². The van der Waals surface area contributed by atoms with E-state index in [0.29, 0.717) is 12.5 Å². The highest BCUT2D eigenvalue weighted by atomic mass is 127. The molecule has 2 aliphatic rings. The number of hydrogen-bond donors (Lipinski definition) is 1. The first-order chi connectivity index (χ1) is 11.1. The number of likely N-dealkylation sites (tertiary alicyclic amines) is 1. The largest absolute Gasteiger partial charge is 0.370 e. The van der Waals surface area contributed by atoms with Gasteiger partial charge in [0.2, 0.25) is 5.91 Å². The first-order valence-corrected chi connectivity index (χ1v) is 8.53. The van der Waals surface area contributed by atoms with Crippen molar-refractivity contribution in [3.05, 3.63) is 35.4 Å². The van der Waals surface area contributed by atoms with Gasteiger partial charge in [-0.1, -0.05) is 31.2 Å². The molecule has 0 saturated carbocycles. The number of carbonyl (C=O) groups is 1. The maximum atomic E-state index is 12.4. The van der Waals surface area contributed by atoms with Gasteiger partial charge in [-0.05, 0) is 36.3 Å². The lowest BCUT2D eigenvalue weighted by molar-refractivity contribution is -0.130. The topological polar surface area (TPSA) is 61.9 Å². The molecule has 3 rings (SSSR count). The fourth-order valence-electron chi connectivity index (χ4n) is 3.29. The summed E-state index contributed by atoms with van der Waals surface area (Å²) in [5.41, 5.74) is 8.65. The summed E-state index contributed by atoms with van der Waals surface area (Å²) in [5, 5.41) is 0. The molecular formula is C18H27IN4O. The monoisotopic (exact) mass is 442 g/mol. The van der Waals surface area contributed by atoms with Crippen LogP contribution < -0.4 is 5.73 Å². The number of nitrogens with zero attached hydrogens (tertiary/aromatic N) is 3. The summed E-state index contributed by atoms with van der Waals surface area (Å²) in [7, 11) is 0. The number of aliphatic imine (C=N–C) groups is 1. The number of piperidine rings is 1. The normalized spacial score (nSPS) is 18.8. The molecule has 5 nitrogen and oxygen atoms in total. The zero-order chi connectivity index (χ0) is 16.2. The Labute approximate surface area is 161 Å². The van der Waals surface area contributed by atoms with Crippen LogP contribution in [0.5, 0.6) is 0 Å². The second-order valence-electron chi connectivity index (χ2n) is 6.68. The minimum Gasteiger partial charge on any atom is -0.370 e. The van der Waals surface area contributed by atoms with E-state index in [1.54, 1.807) is 0 Å². The Balaban J connectivity index is 0.00000208. The minimum atomic E-state index is 0. The van der Waals surface area contributed by atoms with Crippen molar-refractivity contribution in [1.29, 1.82) is 0 Å². The SMILES string of the molecule is CC1CCN(C(N)=NCC(=O)N2CCc3ccccc3C2)CC1.I. The molecule has 132 valence electrons. The summed E-state index contributed by atoms with van der Waals surface area (Å²) in [6.07, 6.45) is 3.21. The second-order valence-corrected chi connectivity index (χ2v) is 6.68. The highest BCUT2D eigenvalue weighted by molar-refractivity contribution is 14.0. The number of fused-ring (bicyclic) bond motifs is 1. The molecule has 2 aliphatic heterocycles. The smallest absolute Gasteiger partial charge is 0.244 e. The van der Waals surface area contributed by atoms with Crippen molar-refractivity contribution in [2.75, 3.05) is 26.2 Å². The average molecular weight is 442 g/mol. The fraction of sp³-hybridized carbons (Fsp3) is 0.556. The van der Waals surface area contributed by atoms with E-state index in [-0.39, 0.29) is 36.4 Å². The lowest BCUT2D eigenvalue weighted by Gasteiger charge is -2.31. The maximum absolute atomic E-state index is 12.4. The molecule has 1 aromatic carbocycles. The zero-order valence-electron chi connectivity index (χ0n) is 14.3. The molecule has 0 bridgehead atoms. The minimum absolute atomic E-state index is 0. The van der Waals surface area contributed by atoms with Crippen molar-refractivity contribution < 1.29 is 4.79 Å². The third kappa shape index (κ3) is 4.62. The summed E-state index contributed by atoms with van der Waals surface area (Å²) in [5.74, 6) is 1.34. The van der Waals surface area contributed by atoms with Crippen LogP contribution in [0, 0.1) is 5.92 Å². The lowest BCUT2D eigenvalue weighted by Crippen LogP contribution is -2.43. The van der Waals surface area contributed by atoms with Gasteiger partial charge in [0.25, 0.3) is 0 Å². The Hall–Kier alpha value is -1.31.